The van der Waals surface area contributed by atoms with Crippen LogP contribution < -0.4 is 4.74 Å². The number of ether oxygens (including phenoxy) is 1. The van der Waals surface area contributed by atoms with Gasteiger partial charge in [0.25, 0.3) is 5.91 Å². The normalized spacial score (nSPS) is 14.8. The number of hydrogen-bond acceptors (Lipinski definition) is 4. The van der Waals surface area contributed by atoms with Gasteiger partial charge in [-0.3, -0.25) is 14.3 Å². The van der Waals surface area contributed by atoms with Crippen molar-refractivity contribution in [1.29, 1.82) is 0 Å². The van der Waals surface area contributed by atoms with Crippen LogP contribution in [-0.2, 0) is 11.3 Å². The molecule has 0 bridgehead atoms. The zero-order chi connectivity index (χ0) is 18.5. The maximum atomic E-state index is 12.8. The Kier molecular flexibility index (Phi) is 5.55. The summed E-state index contributed by atoms with van der Waals surface area (Å²) < 4.78 is 6.95. The van der Waals surface area contributed by atoms with Gasteiger partial charge in [0.15, 0.2) is 0 Å². The van der Waals surface area contributed by atoms with Crippen molar-refractivity contribution in [3.05, 3.63) is 47.8 Å². The van der Waals surface area contributed by atoms with Gasteiger partial charge in [-0.25, -0.2) is 0 Å². The summed E-state index contributed by atoms with van der Waals surface area (Å²) in [5, 5.41) is 4.17. The van der Waals surface area contributed by atoms with E-state index in [0.29, 0.717) is 37.5 Å². The highest BCUT2D eigenvalue weighted by Gasteiger charge is 2.24. The standard InChI is InChI=1S/C19H24N4O3/c1-15-12-20-23(13-15)14-18(24)21-8-5-9-22(11-10-21)19(25)16-6-3-4-7-17(16)26-2/h3-4,6-7,12-13H,5,8-11,14H2,1-2H3. The molecule has 0 aliphatic carbocycles. The van der Waals surface area contributed by atoms with Gasteiger partial charge in [-0.1, -0.05) is 12.1 Å². The van der Waals surface area contributed by atoms with Crippen LogP contribution in [0.1, 0.15) is 22.3 Å². The number of carbonyl (C=O) groups is 2. The highest BCUT2D eigenvalue weighted by Crippen LogP contribution is 2.20. The number of para-hydroxylation sites is 1. The molecular formula is C19H24N4O3. The minimum absolute atomic E-state index is 0.0275. The lowest BCUT2D eigenvalue weighted by molar-refractivity contribution is -0.131. The van der Waals surface area contributed by atoms with E-state index in [1.54, 1.807) is 35.0 Å². The molecule has 26 heavy (non-hydrogen) atoms. The fraction of sp³-hybridized carbons (Fsp3) is 0.421. The van der Waals surface area contributed by atoms with E-state index in [1.807, 2.05) is 30.2 Å². The van der Waals surface area contributed by atoms with Crippen LogP contribution in [0.3, 0.4) is 0 Å². The molecule has 2 amide bonds. The lowest BCUT2D eigenvalue weighted by atomic mass is 10.1. The molecule has 0 spiro atoms. The second kappa shape index (κ2) is 8.03. The molecule has 1 aliphatic rings. The van der Waals surface area contributed by atoms with Crippen LogP contribution >= 0.6 is 0 Å². The van der Waals surface area contributed by atoms with E-state index in [4.69, 9.17) is 4.74 Å². The zero-order valence-corrected chi connectivity index (χ0v) is 15.2. The van der Waals surface area contributed by atoms with Gasteiger partial charge in [0, 0.05) is 32.4 Å². The lowest BCUT2D eigenvalue weighted by Crippen LogP contribution is -2.38. The van der Waals surface area contributed by atoms with Crippen molar-refractivity contribution in [2.75, 3.05) is 33.3 Å². The predicted molar refractivity (Wildman–Crippen MR) is 97.1 cm³/mol. The third-order valence-corrected chi connectivity index (χ3v) is 4.53. The number of aromatic nitrogens is 2. The largest absolute Gasteiger partial charge is 0.496 e. The van der Waals surface area contributed by atoms with Crippen molar-refractivity contribution in [2.24, 2.45) is 0 Å². The smallest absolute Gasteiger partial charge is 0.257 e. The van der Waals surface area contributed by atoms with Gasteiger partial charge in [-0.05, 0) is 31.0 Å². The molecule has 138 valence electrons. The summed E-state index contributed by atoms with van der Waals surface area (Å²) in [6.07, 6.45) is 4.35. The third-order valence-electron chi connectivity index (χ3n) is 4.53. The maximum absolute atomic E-state index is 12.8. The first kappa shape index (κ1) is 18.0. The molecule has 7 nitrogen and oxygen atoms in total. The van der Waals surface area contributed by atoms with Gasteiger partial charge in [0.1, 0.15) is 12.3 Å². The lowest BCUT2D eigenvalue weighted by Gasteiger charge is -2.23. The van der Waals surface area contributed by atoms with Crippen molar-refractivity contribution in [3.8, 4) is 5.75 Å². The molecule has 3 rings (SSSR count). The molecule has 1 fully saturated rings. The SMILES string of the molecule is COc1ccccc1C(=O)N1CCCN(C(=O)Cn2cc(C)cn2)CC1. The number of nitrogens with zero attached hydrogens (tertiary/aromatic N) is 4. The Hall–Kier alpha value is -2.83. The minimum Gasteiger partial charge on any atom is -0.496 e. The molecule has 0 unspecified atom stereocenters. The third kappa shape index (κ3) is 4.04. The second-order valence-corrected chi connectivity index (χ2v) is 6.44. The number of amides is 2. The average Bonchev–Trinajstić information content (AvgIpc) is 2.91. The Bertz CT molecular complexity index is 787. The molecule has 0 radical (unpaired) electrons. The van der Waals surface area contributed by atoms with E-state index in [-0.39, 0.29) is 18.4 Å². The summed E-state index contributed by atoms with van der Waals surface area (Å²) in [4.78, 5) is 29.0. The molecule has 0 saturated carbocycles. The Morgan fingerprint density at radius 3 is 2.58 bits per heavy atom. The molecule has 2 heterocycles. The van der Waals surface area contributed by atoms with E-state index < -0.39 is 0 Å². The molecular weight excluding hydrogens is 332 g/mol. The Morgan fingerprint density at radius 1 is 1.12 bits per heavy atom. The topological polar surface area (TPSA) is 67.7 Å². The van der Waals surface area contributed by atoms with E-state index >= 15 is 0 Å². The minimum atomic E-state index is -0.0561. The first-order chi connectivity index (χ1) is 12.6. The molecule has 1 aromatic carbocycles. The van der Waals surface area contributed by atoms with Crippen LogP contribution in [0.2, 0.25) is 0 Å². The summed E-state index contributed by atoms with van der Waals surface area (Å²) in [5.74, 6) is 0.544. The summed E-state index contributed by atoms with van der Waals surface area (Å²) in [7, 11) is 1.56. The summed E-state index contributed by atoms with van der Waals surface area (Å²) in [6, 6.07) is 7.23. The van der Waals surface area contributed by atoms with Crippen molar-refractivity contribution >= 4 is 11.8 Å². The van der Waals surface area contributed by atoms with Crippen molar-refractivity contribution < 1.29 is 14.3 Å². The quantitative estimate of drug-likeness (QED) is 0.834. The molecule has 7 heteroatoms. The molecule has 1 aliphatic heterocycles. The molecule has 0 N–H and O–H groups in total. The maximum Gasteiger partial charge on any atom is 0.257 e. The predicted octanol–water partition coefficient (Wildman–Crippen LogP) is 1.57. The Balaban J connectivity index is 1.62. The first-order valence-corrected chi connectivity index (χ1v) is 8.77. The summed E-state index contributed by atoms with van der Waals surface area (Å²) >= 11 is 0. The van der Waals surface area contributed by atoms with Gasteiger partial charge >= 0.3 is 0 Å². The fourth-order valence-corrected chi connectivity index (χ4v) is 3.15. The monoisotopic (exact) mass is 356 g/mol. The van der Waals surface area contributed by atoms with Gasteiger partial charge in [-0.2, -0.15) is 5.10 Å². The molecule has 1 saturated heterocycles. The Labute approximate surface area is 153 Å². The van der Waals surface area contributed by atoms with Crippen LogP contribution in [-0.4, -0.2) is 64.7 Å². The molecule has 0 atom stereocenters. The van der Waals surface area contributed by atoms with Crippen molar-refractivity contribution in [3.63, 3.8) is 0 Å². The van der Waals surface area contributed by atoms with Gasteiger partial charge in [0.2, 0.25) is 5.91 Å². The molecule has 2 aromatic rings. The second-order valence-electron chi connectivity index (χ2n) is 6.44. The number of carbonyl (C=O) groups excluding carboxylic acids is 2. The average molecular weight is 356 g/mol. The van der Waals surface area contributed by atoms with E-state index in [1.165, 1.54) is 0 Å². The first-order valence-electron chi connectivity index (χ1n) is 8.77. The van der Waals surface area contributed by atoms with E-state index in [0.717, 1.165) is 12.0 Å². The van der Waals surface area contributed by atoms with Crippen molar-refractivity contribution in [2.45, 2.75) is 19.9 Å². The number of aryl methyl sites for hydroxylation is 1. The number of hydrogen-bond donors (Lipinski definition) is 0. The fourth-order valence-electron chi connectivity index (χ4n) is 3.15. The highest BCUT2D eigenvalue weighted by atomic mass is 16.5. The van der Waals surface area contributed by atoms with Gasteiger partial charge in [0.05, 0.1) is 18.9 Å². The summed E-state index contributed by atoms with van der Waals surface area (Å²) in [6.45, 7) is 4.49. The van der Waals surface area contributed by atoms with Crippen molar-refractivity contribution in [1.82, 2.24) is 19.6 Å². The van der Waals surface area contributed by atoms with Gasteiger partial charge in [-0.15, -0.1) is 0 Å². The van der Waals surface area contributed by atoms with Crippen LogP contribution in [0.4, 0.5) is 0 Å². The zero-order valence-electron chi connectivity index (χ0n) is 15.2. The van der Waals surface area contributed by atoms with Crippen LogP contribution in [0, 0.1) is 6.92 Å². The van der Waals surface area contributed by atoms with Gasteiger partial charge < -0.3 is 14.5 Å². The van der Waals surface area contributed by atoms with Crippen LogP contribution in [0.25, 0.3) is 0 Å². The number of methoxy groups -OCH3 is 1. The van der Waals surface area contributed by atoms with E-state index in [9.17, 15) is 9.59 Å². The number of benzene rings is 1. The van der Waals surface area contributed by atoms with E-state index in [2.05, 4.69) is 5.10 Å². The van der Waals surface area contributed by atoms with Crippen LogP contribution in [0.15, 0.2) is 36.7 Å². The van der Waals surface area contributed by atoms with Crippen LogP contribution in [0.5, 0.6) is 5.75 Å². The number of rotatable bonds is 4. The molecule has 1 aromatic heterocycles. The Morgan fingerprint density at radius 2 is 1.85 bits per heavy atom. The summed E-state index contributed by atoms with van der Waals surface area (Å²) in [5.41, 5.74) is 1.59. The highest BCUT2D eigenvalue weighted by molar-refractivity contribution is 5.97.